The number of ether oxygens (including phenoxy) is 2. The summed E-state index contributed by atoms with van der Waals surface area (Å²) in [6, 6.07) is 15.4. The SMILES string of the molecule is Cc1cc2c(cc1C)NC1=C(N2)O[C@@H](c2ccc([C@@H]3OC4=C(Nc5cc(C)c(C)cc5N4)C3=O)cc2)C1=O. The fourth-order valence-corrected chi connectivity index (χ4v) is 5.21. The number of hydrogen-bond acceptors (Lipinski definition) is 8. The predicted octanol–water partition coefficient (Wildman–Crippen LogP) is 5.61. The first kappa shape index (κ1) is 22.5. The van der Waals surface area contributed by atoms with Gasteiger partial charge in [-0.1, -0.05) is 24.3 Å². The normalized spacial score (nSPS) is 20.7. The van der Waals surface area contributed by atoms with Crippen LogP contribution in [0.3, 0.4) is 0 Å². The van der Waals surface area contributed by atoms with Crippen molar-refractivity contribution in [2.75, 3.05) is 21.3 Å². The van der Waals surface area contributed by atoms with Gasteiger partial charge in [0, 0.05) is 11.1 Å². The number of aryl methyl sites for hydroxylation is 4. The highest BCUT2D eigenvalue weighted by Crippen LogP contribution is 2.43. The lowest BCUT2D eigenvalue weighted by atomic mass is 9.99. The van der Waals surface area contributed by atoms with E-state index < -0.39 is 12.2 Å². The van der Waals surface area contributed by atoms with Crippen molar-refractivity contribution in [2.45, 2.75) is 39.9 Å². The van der Waals surface area contributed by atoms with Gasteiger partial charge in [0.2, 0.25) is 23.3 Å². The van der Waals surface area contributed by atoms with E-state index in [1.807, 2.05) is 76.2 Å². The Labute approximate surface area is 219 Å². The first-order valence-corrected chi connectivity index (χ1v) is 12.6. The van der Waals surface area contributed by atoms with Crippen molar-refractivity contribution in [3.63, 3.8) is 0 Å². The molecule has 0 fully saturated rings. The number of nitrogens with one attached hydrogen (secondary N) is 4. The Morgan fingerprint density at radius 1 is 0.526 bits per heavy atom. The van der Waals surface area contributed by atoms with Crippen molar-refractivity contribution in [3.05, 3.63) is 105 Å². The van der Waals surface area contributed by atoms with Gasteiger partial charge in [-0.05, 0) is 74.2 Å². The minimum Gasteiger partial charge on any atom is -0.461 e. The minimum absolute atomic E-state index is 0.147. The molecule has 2 atom stereocenters. The van der Waals surface area contributed by atoms with Gasteiger partial charge in [0.05, 0.1) is 22.7 Å². The number of benzene rings is 3. The van der Waals surface area contributed by atoms with Crippen LogP contribution in [0.4, 0.5) is 22.7 Å². The van der Waals surface area contributed by atoms with E-state index in [1.54, 1.807) is 0 Å². The summed E-state index contributed by atoms with van der Waals surface area (Å²) in [7, 11) is 0. The van der Waals surface area contributed by atoms with Gasteiger partial charge in [-0.2, -0.15) is 0 Å². The Morgan fingerprint density at radius 3 is 1.18 bits per heavy atom. The predicted molar refractivity (Wildman–Crippen MR) is 144 cm³/mol. The molecule has 0 saturated carbocycles. The molecule has 4 aliphatic rings. The molecule has 0 spiro atoms. The van der Waals surface area contributed by atoms with Crippen molar-refractivity contribution < 1.29 is 19.1 Å². The maximum atomic E-state index is 13.2. The van der Waals surface area contributed by atoms with Crippen LogP contribution in [0, 0.1) is 27.7 Å². The highest BCUT2D eigenvalue weighted by atomic mass is 16.5. The third-order valence-corrected chi connectivity index (χ3v) is 7.72. The van der Waals surface area contributed by atoms with Crippen LogP contribution in [0.2, 0.25) is 0 Å². The molecule has 0 unspecified atom stereocenters. The minimum atomic E-state index is -0.776. The van der Waals surface area contributed by atoms with Crippen LogP contribution < -0.4 is 21.3 Å². The summed E-state index contributed by atoms with van der Waals surface area (Å²) in [5.41, 5.74) is 10.3. The Hall–Kier alpha value is -4.72. The van der Waals surface area contributed by atoms with Crippen molar-refractivity contribution in [3.8, 4) is 0 Å². The summed E-state index contributed by atoms with van der Waals surface area (Å²) in [6.07, 6.45) is -1.55. The van der Waals surface area contributed by atoms with Crippen LogP contribution in [0.1, 0.15) is 45.6 Å². The molecule has 7 rings (SSSR count). The van der Waals surface area contributed by atoms with Gasteiger partial charge >= 0.3 is 0 Å². The standard InChI is InChI=1S/C30H26N4O4/c1-13-9-19-21(11-15(13)3)33-29-23(31-19)25(35)27(37-29)17-5-7-18(8-6-17)28-26(36)24-30(38-28)34-22-12-16(4)14(2)10-20(22)32-24/h5-12,27-28,31-34H,1-4H3/t27-,28-/m0/s1. The third-order valence-electron chi connectivity index (χ3n) is 7.72. The summed E-state index contributed by atoms with van der Waals surface area (Å²) < 4.78 is 12.1. The van der Waals surface area contributed by atoms with Crippen LogP contribution >= 0.6 is 0 Å². The lowest BCUT2D eigenvalue weighted by Crippen LogP contribution is -2.18. The summed E-state index contributed by atoms with van der Waals surface area (Å²) in [4.78, 5) is 26.5. The fraction of sp³-hybridized carbons (Fsp3) is 0.200. The Balaban J connectivity index is 1.08. The fourth-order valence-electron chi connectivity index (χ4n) is 5.21. The molecule has 38 heavy (non-hydrogen) atoms. The van der Waals surface area contributed by atoms with E-state index in [4.69, 9.17) is 9.47 Å². The zero-order chi connectivity index (χ0) is 26.3. The molecule has 0 saturated heterocycles. The maximum Gasteiger partial charge on any atom is 0.229 e. The van der Waals surface area contributed by atoms with Crippen molar-refractivity contribution >= 4 is 34.3 Å². The molecule has 0 aliphatic carbocycles. The number of carbonyl (C=O) groups is 2. The number of Topliss-reactive ketones (excluding diaryl/α,β-unsaturated/α-hetero) is 2. The Morgan fingerprint density at radius 2 is 0.842 bits per heavy atom. The average molecular weight is 507 g/mol. The van der Waals surface area contributed by atoms with Gasteiger partial charge in [0.15, 0.2) is 12.2 Å². The molecule has 8 nitrogen and oxygen atoms in total. The van der Waals surface area contributed by atoms with Gasteiger partial charge in [-0.3, -0.25) is 9.59 Å². The van der Waals surface area contributed by atoms with E-state index in [0.29, 0.717) is 34.3 Å². The van der Waals surface area contributed by atoms with Gasteiger partial charge in [-0.15, -0.1) is 0 Å². The van der Waals surface area contributed by atoms with E-state index in [-0.39, 0.29) is 11.6 Å². The molecule has 0 aromatic heterocycles. The number of hydrogen-bond donors (Lipinski definition) is 4. The smallest absolute Gasteiger partial charge is 0.229 e. The van der Waals surface area contributed by atoms with E-state index in [0.717, 1.165) is 45.0 Å². The largest absolute Gasteiger partial charge is 0.461 e. The maximum absolute atomic E-state index is 13.2. The number of ketones is 2. The Bertz CT molecular complexity index is 1530. The molecule has 0 radical (unpaired) electrons. The van der Waals surface area contributed by atoms with E-state index in [9.17, 15) is 9.59 Å². The van der Waals surface area contributed by atoms with E-state index in [2.05, 4.69) is 21.3 Å². The van der Waals surface area contributed by atoms with Crippen LogP contribution in [0.25, 0.3) is 0 Å². The summed E-state index contributed by atoms with van der Waals surface area (Å²) in [5.74, 6) is 0.554. The first-order valence-electron chi connectivity index (χ1n) is 12.6. The molecule has 4 heterocycles. The lowest BCUT2D eigenvalue weighted by Gasteiger charge is -2.21. The Kier molecular flexibility index (Phi) is 4.67. The molecular weight excluding hydrogens is 480 g/mol. The van der Waals surface area contributed by atoms with Crippen molar-refractivity contribution in [2.24, 2.45) is 0 Å². The highest BCUT2D eigenvalue weighted by molar-refractivity contribution is 6.07. The average Bonchev–Trinajstić information content (AvgIpc) is 3.39. The molecule has 190 valence electrons. The third kappa shape index (κ3) is 3.30. The van der Waals surface area contributed by atoms with Crippen molar-refractivity contribution in [1.29, 1.82) is 0 Å². The lowest BCUT2D eigenvalue weighted by molar-refractivity contribution is -0.122. The van der Waals surface area contributed by atoms with Crippen LogP contribution in [-0.4, -0.2) is 11.6 Å². The van der Waals surface area contributed by atoms with Gasteiger partial charge < -0.3 is 30.7 Å². The zero-order valence-corrected chi connectivity index (χ0v) is 21.4. The quantitative estimate of drug-likeness (QED) is 0.356. The second kappa shape index (κ2) is 7.89. The molecule has 8 heteroatoms. The molecule has 4 N–H and O–H groups in total. The number of anilines is 4. The molecule has 0 amide bonds. The molecular formula is C30H26N4O4. The van der Waals surface area contributed by atoms with Crippen LogP contribution in [0.5, 0.6) is 0 Å². The highest BCUT2D eigenvalue weighted by Gasteiger charge is 2.41. The monoisotopic (exact) mass is 506 g/mol. The number of carbonyl (C=O) groups excluding carboxylic acids is 2. The van der Waals surface area contributed by atoms with Gasteiger partial charge in [0.1, 0.15) is 11.4 Å². The van der Waals surface area contributed by atoms with E-state index >= 15 is 0 Å². The molecule has 3 aromatic rings. The van der Waals surface area contributed by atoms with E-state index in [1.165, 1.54) is 0 Å². The summed E-state index contributed by atoms with van der Waals surface area (Å²) in [5, 5.41) is 13.0. The van der Waals surface area contributed by atoms with Gasteiger partial charge in [0.25, 0.3) is 0 Å². The van der Waals surface area contributed by atoms with Crippen LogP contribution in [0.15, 0.2) is 71.7 Å². The summed E-state index contributed by atoms with van der Waals surface area (Å²) >= 11 is 0. The first-order chi connectivity index (χ1) is 18.3. The van der Waals surface area contributed by atoms with Gasteiger partial charge in [-0.25, -0.2) is 0 Å². The molecule has 4 aliphatic heterocycles. The molecule has 3 aromatic carbocycles. The second-order valence-corrected chi connectivity index (χ2v) is 10.3. The second-order valence-electron chi connectivity index (χ2n) is 10.3. The topological polar surface area (TPSA) is 101 Å². The number of rotatable bonds is 2. The number of fused-ring (bicyclic) bond motifs is 2. The molecule has 0 bridgehead atoms. The zero-order valence-electron chi connectivity index (χ0n) is 21.4. The van der Waals surface area contributed by atoms with Crippen LogP contribution in [-0.2, 0) is 19.1 Å². The summed E-state index contributed by atoms with van der Waals surface area (Å²) in [6.45, 7) is 8.17. The van der Waals surface area contributed by atoms with Crippen molar-refractivity contribution in [1.82, 2.24) is 0 Å².